The lowest BCUT2D eigenvalue weighted by atomic mass is 10.1. The summed E-state index contributed by atoms with van der Waals surface area (Å²) in [5.41, 5.74) is 1.98. The van der Waals surface area contributed by atoms with Crippen LogP contribution < -0.4 is 5.32 Å². The topological polar surface area (TPSA) is 65.8 Å². The van der Waals surface area contributed by atoms with E-state index in [0.717, 1.165) is 32.0 Å². The summed E-state index contributed by atoms with van der Waals surface area (Å²) >= 11 is 0. The van der Waals surface area contributed by atoms with Crippen molar-refractivity contribution in [3.8, 4) is 11.3 Å². The van der Waals surface area contributed by atoms with Crippen LogP contribution in [0.25, 0.3) is 16.9 Å². The normalized spacial score (nSPS) is 15.1. The van der Waals surface area contributed by atoms with Gasteiger partial charge in [0.1, 0.15) is 17.3 Å². The minimum absolute atomic E-state index is 0.147. The number of hydrogen-bond acceptors (Lipinski definition) is 5. The number of carbonyl (C=O) groups is 1. The first-order valence-electron chi connectivity index (χ1n) is 10.4. The van der Waals surface area contributed by atoms with E-state index in [-0.39, 0.29) is 11.7 Å². The molecule has 0 unspecified atom stereocenters. The number of fused-ring (bicyclic) bond motifs is 1. The number of rotatable bonds is 6. The molecule has 0 aliphatic carbocycles. The number of halogens is 1. The maximum absolute atomic E-state index is 13.8. The molecule has 8 heteroatoms. The van der Waals surface area contributed by atoms with Crippen LogP contribution in [0.3, 0.4) is 0 Å². The fourth-order valence-electron chi connectivity index (χ4n) is 3.85. The molecule has 2 aromatic heterocycles. The molecule has 1 fully saturated rings. The summed E-state index contributed by atoms with van der Waals surface area (Å²) in [5, 5.41) is 3.34. The van der Waals surface area contributed by atoms with E-state index in [4.69, 9.17) is 0 Å². The smallest absolute Gasteiger partial charge is 0.224 e. The van der Waals surface area contributed by atoms with Crippen LogP contribution in [-0.4, -0.2) is 68.8 Å². The Kier molecular flexibility index (Phi) is 5.94. The van der Waals surface area contributed by atoms with Crippen molar-refractivity contribution < 1.29 is 9.18 Å². The molecule has 3 heterocycles. The highest BCUT2D eigenvalue weighted by Gasteiger charge is 2.22. The Morgan fingerprint density at radius 2 is 2.03 bits per heavy atom. The molecule has 1 N–H and O–H groups in total. The molecule has 1 aliphatic heterocycles. The zero-order chi connectivity index (χ0) is 21.1. The molecule has 0 bridgehead atoms. The number of amides is 1. The summed E-state index contributed by atoms with van der Waals surface area (Å²) in [5.74, 6) is 0.563. The van der Waals surface area contributed by atoms with Crippen LogP contribution in [0.1, 0.15) is 20.3 Å². The SMILES string of the molecule is CC(C)N1CCN(C(=O)CCNc2c(-c3cccc(F)c3)nc3cnccn23)CC1. The molecule has 0 saturated carbocycles. The molecule has 1 aliphatic rings. The van der Waals surface area contributed by atoms with Crippen LogP contribution in [-0.2, 0) is 4.79 Å². The van der Waals surface area contributed by atoms with Crippen molar-refractivity contribution in [1.82, 2.24) is 24.2 Å². The number of benzene rings is 1. The highest BCUT2D eigenvalue weighted by Crippen LogP contribution is 2.28. The molecular weight excluding hydrogens is 383 g/mol. The van der Waals surface area contributed by atoms with E-state index >= 15 is 0 Å². The van der Waals surface area contributed by atoms with Gasteiger partial charge in [-0.25, -0.2) is 9.37 Å². The van der Waals surface area contributed by atoms with Gasteiger partial charge in [-0.3, -0.25) is 19.1 Å². The van der Waals surface area contributed by atoms with Crippen LogP contribution in [0.4, 0.5) is 10.2 Å². The fourth-order valence-corrected chi connectivity index (χ4v) is 3.85. The van der Waals surface area contributed by atoms with E-state index in [0.29, 0.717) is 35.9 Å². The van der Waals surface area contributed by atoms with Gasteiger partial charge in [0, 0.05) is 63.1 Å². The second-order valence-electron chi connectivity index (χ2n) is 7.81. The third kappa shape index (κ3) is 4.28. The highest BCUT2D eigenvalue weighted by molar-refractivity contribution is 5.79. The van der Waals surface area contributed by atoms with Crippen molar-refractivity contribution in [3.63, 3.8) is 0 Å². The molecule has 0 atom stereocenters. The van der Waals surface area contributed by atoms with Crippen LogP contribution in [0.2, 0.25) is 0 Å². The van der Waals surface area contributed by atoms with Gasteiger partial charge in [-0.2, -0.15) is 0 Å². The zero-order valence-corrected chi connectivity index (χ0v) is 17.4. The summed E-state index contributed by atoms with van der Waals surface area (Å²) in [7, 11) is 0. The fraction of sp³-hybridized carbons (Fsp3) is 0.409. The minimum Gasteiger partial charge on any atom is -0.369 e. The molecular formula is C22H27FN6O. The summed E-state index contributed by atoms with van der Waals surface area (Å²) < 4.78 is 15.6. The van der Waals surface area contributed by atoms with E-state index in [1.807, 2.05) is 15.4 Å². The average Bonchev–Trinajstić information content (AvgIpc) is 3.12. The molecule has 1 aromatic carbocycles. The number of aromatic nitrogens is 3. The molecule has 3 aromatic rings. The van der Waals surface area contributed by atoms with Crippen LogP contribution >= 0.6 is 0 Å². The van der Waals surface area contributed by atoms with Crippen molar-refractivity contribution in [2.24, 2.45) is 0 Å². The summed E-state index contributed by atoms with van der Waals surface area (Å²) in [4.78, 5) is 25.7. The third-order valence-electron chi connectivity index (χ3n) is 5.56. The van der Waals surface area contributed by atoms with Crippen molar-refractivity contribution in [2.75, 3.05) is 38.0 Å². The molecule has 158 valence electrons. The maximum atomic E-state index is 13.8. The number of imidazole rings is 1. The van der Waals surface area contributed by atoms with Gasteiger partial charge in [-0.05, 0) is 26.0 Å². The van der Waals surface area contributed by atoms with Crippen LogP contribution in [0.5, 0.6) is 0 Å². The lowest BCUT2D eigenvalue weighted by Crippen LogP contribution is -2.50. The first-order chi connectivity index (χ1) is 14.5. The molecule has 0 radical (unpaired) electrons. The monoisotopic (exact) mass is 410 g/mol. The van der Waals surface area contributed by atoms with Gasteiger partial charge < -0.3 is 10.2 Å². The largest absolute Gasteiger partial charge is 0.369 e. The van der Waals surface area contributed by atoms with Crippen molar-refractivity contribution in [1.29, 1.82) is 0 Å². The number of carbonyl (C=O) groups excluding carboxylic acids is 1. The van der Waals surface area contributed by atoms with Gasteiger partial charge in [0.15, 0.2) is 5.65 Å². The van der Waals surface area contributed by atoms with Gasteiger partial charge in [-0.15, -0.1) is 0 Å². The van der Waals surface area contributed by atoms with Crippen LogP contribution in [0.15, 0.2) is 42.9 Å². The third-order valence-corrected chi connectivity index (χ3v) is 5.56. The number of nitrogens with zero attached hydrogens (tertiary/aromatic N) is 5. The van der Waals surface area contributed by atoms with Gasteiger partial charge in [0.2, 0.25) is 5.91 Å². The number of anilines is 1. The Morgan fingerprint density at radius 1 is 1.23 bits per heavy atom. The second-order valence-corrected chi connectivity index (χ2v) is 7.81. The number of hydrogen-bond donors (Lipinski definition) is 1. The van der Waals surface area contributed by atoms with E-state index < -0.39 is 0 Å². The molecule has 7 nitrogen and oxygen atoms in total. The molecule has 1 amide bonds. The Labute approximate surface area is 175 Å². The van der Waals surface area contributed by atoms with Gasteiger partial charge in [-0.1, -0.05) is 12.1 Å². The Bertz CT molecular complexity index is 1030. The average molecular weight is 410 g/mol. The van der Waals surface area contributed by atoms with Gasteiger partial charge >= 0.3 is 0 Å². The predicted octanol–water partition coefficient (Wildman–Crippen LogP) is 2.89. The molecule has 4 rings (SSSR count). The van der Waals surface area contributed by atoms with Crippen molar-refractivity contribution in [2.45, 2.75) is 26.3 Å². The van der Waals surface area contributed by atoms with E-state index in [9.17, 15) is 9.18 Å². The number of piperazine rings is 1. The van der Waals surface area contributed by atoms with Crippen LogP contribution in [0, 0.1) is 5.82 Å². The first kappa shape index (κ1) is 20.3. The summed E-state index contributed by atoms with van der Waals surface area (Å²) in [6.45, 7) is 8.22. The summed E-state index contributed by atoms with van der Waals surface area (Å²) in [6.07, 6.45) is 5.53. The maximum Gasteiger partial charge on any atom is 0.224 e. The molecule has 1 saturated heterocycles. The van der Waals surface area contributed by atoms with E-state index in [1.54, 1.807) is 24.7 Å². The van der Waals surface area contributed by atoms with Crippen molar-refractivity contribution in [3.05, 3.63) is 48.7 Å². The lowest BCUT2D eigenvalue weighted by molar-refractivity contribution is -0.132. The standard InChI is InChI=1S/C22H27FN6O/c1-16(2)27-10-12-28(13-11-27)20(30)6-7-25-22-21(17-4-3-5-18(23)14-17)26-19-15-24-8-9-29(19)22/h3-5,8-9,14-16,25H,6-7,10-13H2,1-2H3. The van der Waals surface area contributed by atoms with E-state index in [2.05, 4.69) is 34.0 Å². The first-order valence-corrected chi connectivity index (χ1v) is 10.4. The summed E-state index contributed by atoms with van der Waals surface area (Å²) in [6, 6.07) is 6.86. The quantitative estimate of drug-likeness (QED) is 0.677. The molecule has 0 spiro atoms. The second kappa shape index (κ2) is 8.79. The predicted molar refractivity (Wildman–Crippen MR) is 115 cm³/mol. The van der Waals surface area contributed by atoms with E-state index in [1.165, 1.54) is 12.1 Å². The van der Waals surface area contributed by atoms with Crippen molar-refractivity contribution >= 4 is 17.4 Å². The Hall–Kier alpha value is -3.00. The highest BCUT2D eigenvalue weighted by atomic mass is 19.1. The Morgan fingerprint density at radius 3 is 2.77 bits per heavy atom. The molecule has 30 heavy (non-hydrogen) atoms. The van der Waals surface area contributed by atoms with Gasteiger partial charge in [0.05, 0.1) is 6.20 Å². The lowest BCUT2D eigenvalue weighted by Gasteiger charge is -2.37. The number of nitrogens with one attached hydrogen (secondary N) is 1. The Balaban J connectivity index is 1.45. The minimum atomic E-state index is -0.315. The zero-order valence-electron chi connectivity index (χ0n) is 17.4. The van der Waals surface area contributed by atoms with Gasteiger partial charge in [0.25, 0.3) is 0 Å².